The van der Waals surface area contributed by atoms with Crippen LogP contribution in [0.25, 0.3) is 16.6 Å². The second kappa shape index (κ2) is 7.11. The topological polar surface area (TPSA) is 71.2 Å². The molecule has 8 heteroatoms. The van der Waals surface area contributed by atoms with Crippen molar-refractivity contribution in [2.45, 2.75) is 32.2 Å². The van der Waals surface area contributed by atoms with Crippen LogP contribution in [-0.4, -0.2) is 48.7 Å². The van der Waals surface area contributed by atoms with Crippen molar-refractivity contribution >= 4 is 16.6 Å². The number of halogens is 1. The average molecular weight is 394 g/mol. The maximum Gasteiger partial charge on any atom is 0.333 e. The van der Waals surface area contributed by atoms with Gasteiger partial charge in [0.15, 0.2) is 0 Å². The van der Waals surface area contributed by atoms with Crippen LogP contribution in [0.4, 0.5) is 4.39 Å². The van der Waals surface area contributed by atoms with Gasteiger partial charge in [-0.25, -0.2) is 14.2 Å². The summed E-state index contributed by atoms with van der Waals surface area (Å²) in [5, 5.41) is 8.40. The predicted molar refractivity (Wildman–Crippen MR) is 109 cm³/mol. The molecule has 7 nitrogen and oxygen atoms in total. The van der Waals surface area contributed by atoms with Crippen molar-refractivity contribution in [3.8, 4) is 0 Å². The third-order valence-electron chi connectivity index (χ3n) is 5.91. The quantitative estimate of drug-likeness (QED) is 0.578. The SMILES string of the molecule is Cc1cn2c(=O)n(CCN3CCC(c4[nH]nc5cc(F)ccc45)CC3)ccc2n1. The van der Waals surface area contributed by atoms with E-state index in [4.69, 9.17) is 0 Å². The number of piperidine rings is 1. The molecule has 0 aliphatic carbocycles. The first kappa shape index (κ1) is 18.1. The molecule has 1 aromatic carbocycles. The fraction of sp³-hybridized carbons (Fsp3) is 0.381. The summed E-state index contributed by atoms with van der Waals surface area (Å²) in [4.78, 5) is 19.3. The van der Waals surface area contributed by atoms with Crippen LogP contribution in [0.1, 0.15) is 30.1 Å². The Morgan fingerprint density at radius 3 is 2.86 bits per heavy atom. The number of nitrogens with zero attached hydrogens (tertiary/aromatic N) is 5. The molecule has 5 rings (SSSR count). The van der Waals surface area contributed by atoms with E-state index in [0.717, 1.165) is 49.2 Å². The smallest absolute Gasteiger partial charge is 0.302 e. The van der Waals surface area contributed by atoms with Crippen LogP contribution in [0.5, 0.6) is 0 Å². The van der Waals surface area contributed by atoms with Crippen molar-refractivity contribution in [3.05, 3.63) is 64.3 Å². The summed E-state index contributed by atoms with van der Waals surface area (Å²) in [5.41, 5.74) is 3.28. The fourth-order valence-electron chi connectivity index (χ4n) is 4.33. The molecule has 4 aromatic rings. The number of rotatable bonds is 4. The number of aromatic nitrogens is 5. The average Bonchev–Trinajstić information content (AvgIpc) is 3.31. The van der Waals surface area contributed by atoms with E-state index in [1.165, 1.54) is 12.1 Å². The summed E-state index contributed by atoms with van der Waals surface area (Å²) in [6, 6.07) is 6.66. The van der Waals surface area contributed by atoms with E-state index in [1.54, 1.807) is 15.2 Å². The molecule has 1 aliphatic heterocycles. The van der Waals surface area contributed by atoms with E-state index in [2.05, 4.69) is 20.1 Å². The highest BCUT2D eigenvalue weighted by atomic mass is 19.1. The van der Waals surface area contributed by atoms with Gasteiger partial charge in [-0.15, -0.1) is 0 Å². The molecule has 0 bridgehead atoms. The molecule has 4 heterocycles. The van der Waals surface area contributed by atoms with E-state index >= 15 is 0 Å². The van der Waals surface area contributed by atoms with Crippen molar-refractivity contribution in [1.82, 2.24) is 29.0 Å². The van der Waals surface area contributed by atoms with Gasteiger partial charge in [-0.1, -0.05) is 0 Å². The zero-order valence-electron chi connectivity index (χ0n) is 16.3. The normalized spacial score (nSPS) is 16.2. The maximum atomic E-state index is 13.4. The Balaban J connectivity index is 1.23. The minimum Gasteiger partial charge on any atom is -0.302 e. The number of hydrogen-bond acceptors (Lipinski definition) is 4. The van der Waals surface area contributed by atoms with Gasteiger partial charge in [0.25, 0.3) is 0 Å². The Hall–Kier alpha value is -3.00. The Morgan fingerprint density at radius 1 is 1.21 bits per heavy atom. The van der Waals surface area contributed by atoms with Gasteiger partial charge in [0.1, 0.15) is 11.5 Å². The van der Waals surface area contributed by atoms with Crippen molar-refractivity contribution in [2.75, 3.05) is 19.6 Å². The van der Waals surface area contributed by atoms with Crippen LogP contribution in [0.2, 0.25) is 0 Å². The van der Waals surface area contributed by atoms with Gasteiger partial charge >= 0.3 is 5.69 Å². The number of aromatic amines is 1. The van der Waals surface area contributed by atoms with Crippen molar-refractivity contribution in [1.29, 1.82) is 0 Å². The van der Waals surface area contributed by atoms with Crippen molar-refractivity contribution in [3.63, 3.8) is 0 Å². The number of H-pyrrole nitrogens is 1. The summed E-state index contributed by atoms with van der Waals surface area (Å²) in [7, 11) is 0. The lowest BCUT2D eigenvalue weighted by molar-refractivity contribution is 0.203. The molecule has 0 atom stereocenters. The first-order valence-electron chi connectivity index (χ1n) is 9.99. The number of aryl methyl sites for hydroxylation is 1. The molecule has 1 fully saturated rings. The van der Waals surface area contributed by atoms with Gasteiger partial charge in [0.2, 0.25) is 0 Å². The maximum absolute atomic E-state index is 13.4. The van der Waals surface area contributed by atoms with Gasteiger partial charge in [0.05, 0.1) is 11.2 Å². The van der Waals surface area contributed by atoms with Gasteiger partial charge in [-0.3, -0.25) is 14.1 Å². The third-order valence-corrected chi connectivity index (χ3v) is 5.91. The summed E-state index contributed by atoms with van der Waals surface area (Å²) >= 11 is 0. The monoisotopic (exact) mass is 394 g/mol. The molecular formula is C21H23FN6O. The molecule has 0 spiro atoms. The lowest BCUT2D eigenvalue weighted by Crippen LogP contribution is -2.37. The number of hydrogen-bond donors (Lipinski definition) is 1. The van der Waals surface area contributed by atoms with Gasteiger partial charge in [-0.05, 0) is 51.1 Å². The zero-order valence-corrected chi connectivity index (χ0v) is 16.3. The fourth-order valence-corrected chi connectivity index (χ4v) is 4.33. The summed E-state index contributed by atoms with van der Waals surface area (Å²) < 4.78 is 16.7. The van der Waals surface area contributed by atoms with E-state index < -0.39 is 0 Å². The summed E-state index contributed by atoms with van der Waals surface area (Å²) in [6.45, 7) is 5.31. The first-order valence-corrected chi connectivity index (χ1v) is 9.99. The van der Waals surface area contributed by atoms with Gasteiger partial charge in [-0.2, -0.15) is 5.10 Å². The van der Waals surface area contributed by atoms with Crippen LogP contribution in [0.3, 0.4) is 0 Å². The second-order valence-electron chi connectivity index (χ2n) is 7.82. The van der Waals surface area contributed by atoms with Crippen molar-refractivity contribution in [2.24, 2.45) is 0 Å². The Morgan fingerprint density at radius 2 is 2.03 bits per heavy atom. The molecular weight excluding hydrogens is 371 g/mol. The number of imidazole rings is 1. The molecule has 0 unspecified atom stereocenters. The van der Waals surface area contributed by atoms with Gasteiger partial charge in [0, 0.05) is 48.5 Å². The van der Waals surface area contributed by atoms with Gasteiger partial charge < -0.3 is 4.90 Å². The van der Waals surface area contributed by atoms with Crippen LogP contribution < -0.4 is 5.69 Å². The number of likely N-dealkylation sites (tertiary alicyclic amines) is 1. The molecule has 1 N–H and O–H groups in total. The minimum absolute atomic E-state index is 0.0471. The number of benzene rings is 1. The number of nitrogens with one attached hydrogen (secondary N) is 1. The molecule has 1 aliphatic rings. The predicted octanol–water partition coefficient (Wildman–Crippen LogP) is 2.70. The molecule has 150 valence electrons. The van der Waals surface area contributed by atoms with E-state index in [0.29, 0.717) is 23.6 Å². The molecule has 0 amide bonds. The number of fused-ring (bicyclic) bond motifs is 2. The lowest BCUT2D eigenvalue weighted by atomic mass is 9.91. The highest BCUT2D eigenvalue weighted by Gasteiger charge is 2.23. The van der Waals surface area contributed by atoms with Crippen LogP contribution in [0, 0.1) is 12.7 Å². The lowest BCUT2D eigenvalue weighted by Gasteiger charge is -2.31. The van der Waals surface area contributed by atoms with E-state index in [9.17, 15) is 9.18 Å². The molecule has 0 saturated carbocycles. The largest absolute Gasteiger partial charge is 0.333 e. The highest BCUT2D eigenvalue weighted by molar-refractivity contribution is 5.81. The first-order chi connectivity index (χ1) is 14.1. The molecule has 29 heavy (non-hydrogen) atoms. The Bertz CT molecular complexity index is 1230. The molecule has 3 aromatic heterocycles. The minimum atomic E-state index is -0.260. The third kappa shape index (κ3) is 3.33. The van der Waals surface area contributed by atoms with Crippen LogP contribution in [-0.2, 0) is 6.54 Å². The van der Waals surface area contributed by atoms with Crippen LogP contribution >= 0.6 is 0 Å². The second-order valence-corrected chi connectivity index (χ2v) is 7.82. The van der Waals surface area contributed by atoms with E-state index in [-0.39, 0.29) is 11.5 Å². The highest BCUT2D eigenvalue weighted by Crippen LogP contribution is 2.31. The van der Waals surface area contributed by atoms with E-state index in [1.807, 2.05) is 25.3 Å². The zero-order chi connectivity index (χ0) is 20.0. The van der Waals surface area contributed by atoms with Crippen LogP contribution in [0.15, 0.2) is 41.5 Å². The molecule has 1 saturated heterocycles. The van der Waals surface area contributed by atoms with Crippen molar-refractivity contribution < 1.29 is 4.39 Å². The Kier molecular flexibility index (Phi) is 4.43. The molecule has 0 radical (unpaired) electrons. The standard InChI is InChI=1S/C21H23FN6O/c1-14-13-28-19(23-14)6-9-27(21(28)29)11-10-26-7-4-15(5-8-26)20-17-3-2-16(22)12-18(17)24-25-20/h2-3,6,9,12-13,15H,4-5,7-8,10-11H2,1H3,(H,24,25). The Labute approximate surface area is 166 Å². The summed E-state index contributed by atoms with van der Waals surface area (Å²) in [5.74, 6) is 0.138. The summed E-state index contributed by atoms with van der Waals surface area (Å²) in [6.07, 6.45) is 5.64.